The van der Waals surface area contributed by atoms with Crippen LogP contribution in [0.15, 0.2) is 47.3 Å². The summed E-state index contributed by atoms with van der Waals surface area (Å²) in [5.41, 5.74) is 0.853. The zero-order chi connectivity index (χ0) is 22.8. The van der Waals surface area contributed by atoms with E-state index in [0.717, 1.165) is 0 Å². The number of thiazole rings is 1. The number of hydrogen-bond donors (Lipinski definition) is 0. The van der Waals surface area contributed by atoms with E-state index < -0.39 is 11.9 Å². The largest absolute Gasteiger partial charge is 0.493 e. The zero-order valence-corrected chi connectivity index (χ0v) is 18.1. The lowest BCUT2D eigenvalue weighted by Crippen LogP contribution is -2.23. The number of ether oxygens (including phenoxy) is 3. The summed E-state index contributed by atoms with van der Waals surface area (Å²) in [7, 11) is 1.46. The molecule has 0 saturated carbocycles. The summed E-state index contributed by atoms with van der Waals surface area (Å²) in [6.07, 6.45) is 1.68. The van der Waals surface area contributed by atoms with E-state index in [4.69, 9.17) is 14.2 Å². The maximum Gasteiger partial charge on any atom is 0.308 e. The fraction of sp³-hybridized carbons (Fsp3) is 0.136. The molecule has 0 aliphatic carbocycles. The standard InChI is InChI=1S/C22H17N3O6S/c1-12(26)30-16-7-5-4-6-15(16)20-23-22-25(24-20)21(28)19(32-22)11-14-8-9-17(31-13(2)27)18(10-14)29-3/h4-11H,1-3H3. The lowest BCUT2D eigenvalue weighted by Gasteiger charge is -2.08. The van der Waals surface area contributed by atoms with Gasteiger partial charge in [0.1, 0.15) is 5.75 Å². The molecule has 162 valence electrons. The van der Waals surface area contributed by atoms with Crippen LogP contribution in [0.4, 0.5) is 0 Å². The topological polar surface area (TPSA) is 109 Å². The van der Waals surface area contributed by atoms with Gasteiger partial charge in [-0.15, -0.1) is 5.10 Å². The van der Waals surface area contributed by atoms with Crippen LogP contribution < -0.4 is 24.3 Å². The summed E-state index contributed by atoms with van der Waals surface area (Å²) < 4.78 is 17.2. The van der Waals surface area contributed by atoms with Crippen molar-refractivity contribution in [3.8, 4) is 28.6 Å². The minimum Gasteiger partial charge on any atom is -0.493 e. The number of rotatable bonds is 5. The Hall–Kier alpha value is -4.05. The van der Waals surface area contributed by atoms with Crippen LogP contribution in [0.2, 0.25) is 0 Å². The van der Waals surface area contributed by atoms with Gasteiger partial charge in [0.2, 0.25) is 4.96 Å². The number of carbonyl (C=O) groups excluding carboxylic acids is 2. The third-order valence-corrected chi connectivity index (χ3v) is 5.26. The van der Waals surface area contributed by atoms with E-state index in [0.29, 0.717) is 37.9 Å². The Morgan fingerprint density at radius 2 is 1.72 bits per heavy atom. The van der Waals surface area contributed by atoms with Crippen molar-refractivity contribution < 1.29 is 23.8 Å². The highest BCUT2D eigenvalue weighted by molar-refractivity contribution is 7.15. The fourth-order valence-electron chi connectivity index (χ4n) is 3.01. The molecule has 0 bridgehead atoms. The number of benzene rings is 2. The third-order valence-electron chi connectivity index (χ3n) is 4.30. The molecule has 0 fully saturated rings. The molecule has 0 atom stereocenters. The van der Waals surface area contributed by atoms with Gasteiger partial charge in [-0.2, -0.15) is 9.50 Å². The molecule has 0 aliphatic rings. The molecule has 2 aromatic heterocycles. The maximum absolute atomic E-state index is 12.9. The molecule has 0 amide bonds. The molecule has 2 aromatic carbocycles. The van der Waals surface area contributed by atoms with E-state index in [-0.39, 0.29) is 11.4 Å². The lowest BCUT2D eigenvalue weighted by atomic mass is 10.2. The number of para-hydroxylation sites is 1. The van der Waals surface area contributed by atoms with Crippen molar-refractivity contribution in [1.29, 1.82) is 0 Å². The zero-order valence-electron chi connectivity index (χ0n) is 17.3. The van der Waals surface area contributed by atoms with Crippen molar-refractivity contribution in [3.05, 3.63) is 62.9 Å². The van der Waals surface area contributed by atoms with Gasteiger partial charge in [0.15, 0.2) is 17.3 Å². The Morgan fingerprint density at radius 3 is 2.41 bits per heavy atom. The third kappa shape index (κ3) is 4.21. The fourth-order valence-corrected chi connectivity index (χ4v) is 3.92. The van der Waals surface area contributed by atoms with Gasteiger partial charge in [-0.25, -0.2) is 0 Å². The van der Waals surface area contributed by atoms with Crippen molar-refractivity contribution in [1.82, 2.24) is 14.6 Å². The molecular formula is C22H17N3O6S. The first-order chi connectivity index (χ1) is 15.4. The summed E-state index contributed by atoms with van der Waals surface area (Å²) in [5.74, 6) is 0.332. The maximum atomic E-state index is 12.9. The molecule has 0 saturated heterocycles. The normalized spacial score (nSPS) is 11.5. The van der Waals surface area contributed by atoms with Crippen LogP contribution in [0.1, 0.15) is 19.4 Å². The highest BCUT2D eigenvalue weighted by atomic mass is 32.1. The highest BCUT2D eigenvalue weighted by Crippen LogP contribution is 2.29. The van der Waals surface area contributed by atoms with Gasteiger partial charge in [-0.05, 0) is 35.9 Å². The quantitative estimate of drug-likeness (QED) is 0.336. The molecule has 9 nitrogen and oxygen atoms in total. The van der Waals surface area contributed by atoms with Crippen LogP contribution in [-0.4, -0.2) is 33.6 Å². The second kappa shape index (κ2) is 8.60. The average molecular weight is 451 g/mol. The lowest BCUT2D eigenvalue weighted by molar-refractivity contribution is -0.132. The Morgan fingerprint density at radius 1 is 1.00 bits per heavy atom. The summed E-state index contributed by atoms with van der Waals surface area (Å²) in [5, 5.41) is 4.30. The Balaban J connectivity index is 1.73. The van der Waals surface area contributed by atoms with E-state index in [2.05, 4.69) is 10.1 Å². The van der Waals surface area contributed by atoms with Crippen molar-refractivity contribution in [2.75, 3.05) is 7.11 Å². The molecule has 0 unspecified atom stereocenters. The predicted octanol–water partition coefficient (Wildman–Crippen LogP) is 2.22. The number of esters is 2. The van der Waals surface area contributed by atoms with Crippen molar-refractivity contribution >= 4 is 34.3 Å². The van der Waals surface area contributed by atoms with Crippen LogP contribution in [0, 0.1) is 0 Å². The first kappa shape index (κ1) is 21.2. The van der Waals surface area contributed by atoms with Gasteiger partial charge in [-0.3, -0.25) is 14.4 Å². The number of fused-ring (bicyclic) bond motifs is 1. The SMILES string of the molecule is COc1cc(C=c2sc3nc(-c4ccccc4OC(C)=O)nn3c2=O)ccc1OC(C)=O. The minimum absolute atomic E-state index is 0.282. The smallest absolute Gasteiger partial charge is 0.308 e. The second-order valence-corrected chi connectivity index (χ2v) is 7.65. The van der Waals surface area contributed by atoms with E-state index in [1.54, 1.807) is 48.5 Å². The van der Waals surface area contributed by atoms with Gasteiger partial charge in [0.05, 0.1) is 17.2 Å². The van der Waals surface area contributed by atoms with Crippen LogP contribution in [-0.2, 0) is 9.59 Å². The van der Waals surface area contributed by atoms with Gasteiger partial charge < -0.3 is 14.2 Å². The summed E-state index contributed by atoms with van der Waals surface area (Å²) >= 11 is 1.17. The van der Waals surface area contributed by atoms with Gasteiger partial charge >= 0.3 is 11.9 Å². The first-order valence-electron chi connectivity index (χ1n) is 9.41. The first-order valence-corrected chi connectivity index (χ1v) is 10.2. The molecule has 32 heavy (non-hydrogen) atoms. The van der Waals surface area contributed by atoms with Gasteiger partial charge in [-0.1, -0.05) is 29.5 Å². The second-order valence-electron chi connectivity index (χ2n) is 6.64. The van der Waals surface area contributed by atoms with E-state index >= 15 is 0 Å². The molecule has 4 aromatic rings. The molecule has 0 spiro atoms. The molecular weight excluding hydrogens is 434 g/mol. The van der Waals surface area contributed by atoms with Crippen LogP contribution in [0.5, 0.6) is 17.2 Å². The Bertz CT molecular complexity index is 1460. The average Bonchev–Trinajstić information content (AvgIpc) is 3.28. The molecule has 10 heteroatoms. The van der Waals surface area contributed by atoms with E-state index in [9.17, 15) is 14.4 Å². The number of aromatic nitrogens is 3. The van der Waals surface area contributed by atoms with E-state index in [1.165, 1.54) is 36.8 Å². The molecule has 0 aliphatic heterocycles. The van der Waals surface area contributed by atoms with Crippen molar-refractivity contribution in [2.45, 2.75) is 13.8 Å². The van der Waals surface area contributed by atoms with Gasteiger partial charge in [0.25, 0.3) is 5.56 Å². The van der Waals surface area contributed by atoms with Gasteiger partial charge in [0, 0.05) is 13.8 Å². The van der Waals surface area contributed by atoms with Crippen molar-refractivity contribution in [2.24, 2.45) is 0 Å². The summed E-state index contributed by atoms with van der Waals surface area (Å²) in [6, 6.07) is 11.8. The minimum atomic E-state index is -0.463. The monoisotopic (exact) mass is 451 g/mol. The number of hydrogen-bond acceptors (Lipinski definition) is 9. The molecule has 0 N–H and O–H groups in total. The Labute approximate surface area is 185 Å². The predicted molar refractivity (Wildman–Crippen MR) is 117 cm³/mol. The summed E-state index contributed by atoms with van der Waals surface area (Å²) in [6.45, 7) is 2.61. The van der Waals surface area contributed by atoms with Crippen LogP contribution in [0.3, 0.4) is 0 Å². The highest BCUT2D eigenvalue weighted by Gasteiger charge is 2.16. The summed E-state index contributed by atoms with van der Waals surface area (Å²) in [4.78, 5) is 40.3. The van der Waals surface area contributed by atoms with Crippen LogP contribution >= 0.6 is 11.3 Å². The number of methoxy groups -OCH3 is 1. The molecule has 4 rings (SSSR count). The van der Waals surface area contributed by atoms with E-state index in [1.807, 2.05) is 0 Å². The molecule has 0 radical (unpaired) electrons. The molecule has 2 heterocycles. The number of nitrogens with zero attached hydrogens (tertiary/aromatic N) is 3. The Kier molecular flexibility index (Phi) is 5.69. The van der Waals surface area contributed by atoms with Crippen molar-refractivity contribution in [3.63, 3.8) is 0 Å². The number of carbonyl (C=O) groups is 2. The van der Waals surface area contributed by atoms with Crippen LogP contribution in [0.25, 0.3) is 22.4 Å².